The van der Waals surface area contributed by atoms with Gasteiger partial charge in [0, 0.05) is 0 Å². The molecule has 1 N–H and O–H groups in total. The van der Waals surface area contributed by atoms with Gasteiger partial charge in [0.25, 0.3) is 0 Å². The number of piperidine rings is 1. The number of hydrogen-bond acceptors (Lipinski definition) is 1. The van der Waals surface area contributed by atoms with Crippen LogP contribution in [0, 0.1) is 0 Å². The molecule has 40 valence electrons. The van der Waals surface area contributed by atoms with Crippen molar-refractivity contribution in [3.63, 3.8) is 0 Å². The monoisotopic (exact) mass is 133 g/mol. The van der Waals surface area contributed by atoms with Gasteiger partial charge < -0.3 is 5.32 Å². The Bertz CT molecular complexity index is 25.9. The Kier molecular flexibility index (Phi) is 14.1. The van der Waals surface area contributed by atoms with Crippen molar-refractivity contribution in [2.45, 2.75) is 19.3 Å². The summed E-state index contributed by atoms with van der Waals surface area (Å²) in [6, 6.07) is 0. The van der Waals surface area contributed by atoms with Crippen LogP contribution in [0.3, 0.4) is 0 Å². The molecule has 0 amide bonds. The molecular weight excluding hydrogens is 120 g/mol. The van der Waals surface area contributed by atoms with E-state index < -0.39 is 0 Å². The molecule has 1 nitrogen and oxygen atoms in total. The van der Waals surface area contributed by atoms with Crippen molar-refractivity contribution in [1.82, 2.24) is 5.32 Å². The predicted octanol–water partition coefficient (Wildman–Crippen LogP) is -0.537. The number of rotatable bonds is 0. The van der Waals surface area contributed by atoms with Crippen LogP contribution in [0.25, 0.3) is 0 Å². The van der Waals surface area contributed by atoms with Crippen LogP contribution in [0.2, 0.25) is 0 Å². The topological polar surface area (TPSA) is 12.0 Å². The summed E-state index contributed by atoms with van der Waals surface area (Å²) in [6.07, 6.45) is 4.22. The van der Waals surface area contributed by atoms with Crippen LogP contribution >= 0.6 is 0 Å². The summed E-state index contributed by atoms with van der Waals surface area (Å²) in [5.74, 6) is 0. The van der Waals surface area contributed by atoms with Gasteiger partial charge in [0.2, 0.25) is 0 Å². The average molecular weight is 133 g/mol. The summed E-state index contributed by atoms with van der Waals surface area (Å²) in [4.78, 5) is 0. The van der Waals surface area contributed by atoms with Gasteiger partial charge in [-0.15, -0.1) is 0 Å². The third-order valence-corrected chi connectivity index (χ3v) is 1.21. The minimum atomic E-state index is 0. The molecule has 1 heterocycles. The number of nitrogens with one attached hydrogen (secondary N) is 1. The third kappa shape index (κ3) is 6.09. The van der Waals surface area contributed by atoms with Crippen LogP contribution in [0.4, 0.5) is 0 Å². The van der Waals surface area contributed by atoms with Gasteiger partial charge in [-0.05, 0) is 25.9 Å². The van der Waals surface area contributed by atoms with Crippen LogP contribution in [0.15, 0.2) is 0 Å². The van der Waals surface area contributed by atoms with E-state index in [1.165, 1.54) is 32.4 Å². The van der Waals surface area contributed by atoms with Crippen molar-refractivity contribution < 1.29 is 0 Å². The van der Waals surface area contributed by atoms with Crippen molar-refractivity contribution in [3.8, 4) is 0 Å². The van der Waals surface area contributed by atoms with E-state index in [-0.39, 0.29) is 59.1 Å². The first-order valence-electron chi connectivity index (χ1n) is 2.71. The Morgan fingerprint density at radius 2 is 1.25 bits per heavy atom. The van der Waals surface area contributed by atoms with Gasteiger partial charge in [-0.3, -0.25) is 0 Å². The van der Waals surface area contributed by atoms with E-state index in [0.29, 0.717) is 0 Å². The number of hydrogen-bond donors (Lipinski definition) is 1. The van der Waals surface area contributed by atoms with Gasteiger partial charge >= 0.3 is 59.1 Å². The fourth-order valence-corrected chi connectivity index (χ4v) is 0.802. The Hall–Kier alpha value is 1.96. The summed E-state index contributed by atoms with van der Waals surface area (Å²) in [7, 11) is 0. The van der Waals surface area contributed by atoms with E-state index in [2.05, 4.69) is 5.32 Å². The van der Waals surface area contributed by atoms with E-state index in [1.54, 1.807) is 0 Å². The molecule has 1 rings (SSSR count). The van der Waals surface area contributed by atoms with Gasteiger partial charge in [0.15, 0.2) is 0 Å². The molecule has 3 heteroatoms. The Morgan fingerprint density at radius 1 is 0.750 bits per heavy atom. The zero-order valence-electron chi connectivity index (χ0n) is 4.04. The van der Waals surface area contributed by atoms with Crippen molar-refractivity contribution in [1.29, 1.82) is 0 Å². The molecule has 1 fully saturated rings. The average Bonchev–Trinajstić information content (AvgIpc) is 1.72. The van der Waals surface area contributed by atoms with Gasteiger partial charge in [-0.2, -0.15) is 0 Å². The Labute approximate surface area is 95.6 Å². The van der Waals surface area contributed by atoms with Crippen LogP contribution in [-0.4, -0.2) is 72.2 Å². The van der Waals surface area contributed by atoms with E-state index in [0.717, 1.165) is 0 Å². The van der Waals surface area contributed by atoms with Crippen LogP contribution in [0.5, 0.6) is 0 Å². The zero-order valence-corrected chi connectivity index (χ0v) is 4.04. The summed E-state index contributed by atoms with van der Waals surface area (Å²) in [6.45, 7) is 2.50. The standard InChI is InChI=1S/C5H11N.2Na.2H/c1-2-4-6-5-3-1;;;;/h6H,1-5H2;;;;. The fourth-order valence-electron chi connectivity index (χ4n) is 0.802. The first kappa shape index (κ1) is 12.6. The second kappa shape index (κ2) is 8.96. The molecule has 0 aromatic rings. The Morgan fingerprint density at radius 3 is 1.38 bits per heavy atom. The summed E-state index contributed by atoms with van der Waals surface area (Å²) in [5.41, 5.74) is 0. The molecule has 0 bridgehead atoms. The molecule has 0 radical (unpaired) electrons. The minimum absolute atomic E-state index is 0. The van der Waals surface area contributed by atoms with Gasteiger partial charge in [0.1, 0.15) is 0 Å². The molecular formula is C5H13NNa2. The first-order chi connectivity index (χ1) is 3.00. The zero-order chi connectivity index (χ0) is 4.24. The molecule has 1 saturated heterocycles. The maximum absolute atomic E-state index is 3.28. The van der Waals surface area contributed by atoms with Crippen molar-refractivity contribution in [3.05, 3.63) is 0 Å². The molecule has 0 aromatic carbocycles. The van der Waals surface area contributed by atoms with Crippen molar-refractivity contribution >= 4 is 59.1 Å². The molecule has 1 aliphatic rings. The molecule has 0 saturated carbocycles. The van der Waals surface area contributed by atoms with Crippen LogP contribution in [-0.2, 0) is 0 Å². The fraction of sp³-hybridized carbons (Fsp3) is 1.00. The second-order valence-corrected chi connectivity index (χ2v) is 1.81. The van der Waals surface area contributed by atoms with Crippen molar-refractivity contribution in [2.24, 2.45) is 0 Å². The third-order valence-electron chi connectivity index (χ3n) is 1.21. The quantitative estimate of drug-likeness (QED) is 0.438. The van der Waals surface area contributed by atoms with Crippen molar-refractivity contribution in [2.75, 3.05) is 13.1 Å². The van der Waals surface area contributed by atoms with E-state index in [1.807, 2.05) is 0 Å². The first-order valence-corrected chi connectivity index (χ1v) is 2.71. The van der Waals surface area contributed by atoms with E-state index in [4.69, 9.17) is 0 Å². The van der Waals surface area contributed by atoms with Crippen LogP contribution in [0.1, 0.15) is 19.3 Å². The molecule has 0 spiro atoms. The van der Waals surface area contributed by atoms with Gasteiger partial charge in [-0.25, -0.2) is 0 Å². The SMILES string of the molecule is C1CCNCC1.[NaH].[NaH]. The predicted molar refractivity (Wildman–Crippen MR) is 41.0 cm³/mol. The molecule has 0 unspecified atom stereocenters. The summed E-state index contributed by atoms with van der Waals surface area (Å²) in [5, 5.41) is 3.28. The van der Waals surface area contributed by atoms with E-state index in [9.17, 15) is 0 Å². The van der Waals surface area contributed by atoms with Gasteiger partial charge in [0.05, 0.1) is 0 Å². The molecule has 0 atom stereocenters. The summed E-state index contributed by atoms with van der Waals surface area (Å²) < 4.78 is 0. The molecule has 1 aliphatic heterocycles. The van der Waals surface area contributed by atoms with Gasteiger partial charge in [-0.1, -0.05) is 6.42 Å². The Balaban J connectivity index is 0. The van der Waals surface area contributed by atoms with E-state index >= 15 is 0 Å². The maximum atomic E-state index is 3.28. The summed E-state index contributed by atoms with van der Waals surface area (Å²) >= 11 is 0. The molecule has 8 heavy (non-hydrogen) atoms. The normalized spacial score (nSPS) is 18.0. The molecule has 0 aromatic heterocycles. The van der Waals surface area contributed by atoms with Crippen LogP contribution < -0.4 is 5.32 Å². The second-order valence-electron chi connectivity index (χ2n) is 1.81. The molecule has 0 aliphatic carbocycles.